The van der Waals surface area contributed by atoms with Gasteiger partial charge in [0.2, 0.25) is 0 Å². The second-order valence-electron chi connectivity index (χ2n) is 8.48. The van der Waals surface area contributed by atoms with E-state index in [1.807, 2.05) is 12.1 Å². The van der Waals surface area contributed by atoms with Crippen LogP contribution in [0.25, 0.3) is 6.08 Å². The molecule has 0 unspecified atom stereocenters. The quantitative estimate of drug-likeness (QED) is 0.602. The van der Waals surface area contributed by atoms with E-state index in [1.165, 1.54) is 28.0 Å². The molecule has 5 rings (SSSR count). The summed E-state index contributed by atoms with van der Waals surface area (Å²) in [7, 11) is 2.13. The van der Waals surface area contributed by atoms with Gasteiger partial charge in [-0.3, -0.25) is 0 Å². The Balaban J connectivity index is 1.47. The average Bonchev–Trinajstić information content (AvgIpc) is 3.42. The number of aromatic nitrogens is 3. The maximum absolute atomic E-state index is 9.10. The molecule has 0 atom stereocenters. The molecular formula is C24H25N7OS. The number of hydrogen-bond acceptors (Lipinski definition) is 9. The number of benzene rings is 1. The van der Waals surface area contributed by atoms with Gasteiger partial charge in [0.05, 0.1) is 6.20 Å². The molecule has 1 N–H and O–H groups in total. The van der Waals surface area contributed by atoms with Gasteiger partial charge in [-0.05, 0) is 50.1 Å². The second kappa shape index (κ2) is 8.81. The number of allylic oxidation sites excluding steroid dienone is 1. The molecule has 2 aromatic heterocycles. The molecule has 1 fully saturated rings. The van der Waals surface area contributed by atoms with Crippen molar-refractivity contribution in [2.24, 2.45) is 0 Å². The summed E-state index contributed by atoms with van der Waals surface area (Å²) in [6.07, 6.45) is 4.76. The number of hydrogen-bond donors (Lipinski definition) is 1. The van der Waals surface area contributed by atoms with Crippen LogP contribution in [-0.4, -0.2) is 53.1 Å². The average molecular weight is 460 g/mol. The van der Waals surface area contributed by atoms with Crippen LogP contribution in [0.5, 0.6) is 11.8 Å². The zero-order chi connectivity index (χ0) is 22.9. The van der Waals surface area contributed by atoms with Crippen LogP contribution in [0.2, 0.25) is 0 Å². The number of nitriles is 1. The number of nitrogens with one attached hydrogen (secondary N) is 1. The van der Waals surface area contributed by atoms with Gasteiger partial charge in [0, 0.05) is 32.2 Å². The fraction of sp³-hybridized carbons (Fsp3) is 0.333. The summed E-state index contributed by atoms with van der Waals surface area (Å²) >= 11 is 1.28. The van der Waals surface area contributed by atoms with E-state index in [-0.39, 0.29) is 6.01 Å². The van der Waals surface area contributed by atoms with Crippen LogP contribution in [0.3, 0.4) is 0 Å². The molecule has 8 nitrogen and oxygen atoms in total. The Morgan fingerprint density at radius 1 is 1.15 bits per heavy atom. The summed E-state index contributed by atoms with van der Waals surface area (Å²) in [6, 6.07) is 8.43. The van der Waals surface area contributed by atoms with Crippen LogP contribution in [0.4, 0.5) is 16.8 Å². The highest BCUT2D eigenvalue weighted by Gasteiger charge is 2.20. The van der Waals surface area contributed by atoms with Crippen LogP contribution < -0.4 is 15.0 Å². The topological polar surface area (TPSA) is 90.2 Å². The predicted octanol–water partition coefficient (Wildman–Crippen LogP) is 4.36. The molecule has 0 radical (unpaired) electrons. The van der Waals surface area contributed by atoms with Crippen LogP contribution >= 0.6 is 11.3 Å². The van der Waals surface area contributed by atoms with Crippen LogP contribution in [-0.2, 0) is 6.42 Å². The number of fused-ring (bicyclic) bond motifs is 1. The molecule has 1 saturated heterocycles. The first kappa shape index (κ1) is 21.4. The minimum Gasteiger partial charge on any atom is -0.424 e. The van der Waals surface area contributed by atoms with Crippen molar-refractivity contribution in [3.8, 4) is 17.8 Å². The third-order valence-electron chi connectivity index (χ3n) is 5.99. The Labute approximate surface area is 197 Å². The standard InChI is InChI=1S/C24H25N7OS/c1-15-10-17-4-5-20(16(2)19(17)11-15)32-23-27-21(28-24-26-14-18(13-25)33-24)12-22(29-23)31-8-6-30(3)7-9-31/h4-5,11-12,14H,6-10H2,1-3H3,(H,26,27,28,29). The summed E-state index contributed by atoms with van der Waals surface area (Å²) in [5.74, 6) is 2.15. The van der Waals surface area contributed by atoms with Crippen molar-refractivity contribution >= 4 is 34.2 Å². The zero-order valence-corrected chi connectivity index (χ0v) is 19.7. The highest BCUT2D eigenvalue weighted by atomic mass is 32.1. The van der Waals surface area contributed by atoms with Crippen molar-refractivity contribution in [1.82, 2.24) is 19.9 Å². The SMILES string of the molecule is CC1=Cc2c(ccc(Oc3nc(Nc4ncc(C#N)s4)cc(N4CCN(C)CC4)n3)c2C)C1. The van der Waals surface area contributed by atoms with Gasteiger partial charge in [-0.2, -0.15) is 15.2 Å². The molecule has 0 spiro atoms. The molecule has 0 amide bonds. The van der Waals surface area contributed by atoms with Gasteiger partial charge in [-0.15, -0.1) is 0 Å². The van der Waals surface area contributed by atoms with E-state index in [2.05, 4.69) is 64.2 Å². The highest BCUT2D eigenvalue weighted by molar-refractivity contribution is 7.16. The van der Waals surface area contributed by atoms with Crippen LogP contribution in [0, 0.1) is 18.3 Å². The lowest BCUT2D eigenvalue weighted by molar-refractivity contribution is 0.311. The van der Waals surface area contributed by atoms with Gasteiger partial charge in [-0.25, -0.2) is 4.98 Å². The van der Waals surface area contributed by atoms with Crippen LogP contribution in [0.1, 0.15) is 28.5 Å². The van der Waals surface area contributed by atoms with Gasteiger partial charge in [0.15, 0.2) is 5.13 Å². The molecule has 33 heavy (non-hydrogen) atoms. The summed E-state index contributed by atoms with van der Waals surface area (Å²) in [5.41, 5.74) is 4.99. The van der Waals surface area contributed by atoms with E-state index >= 15 is 0 Å². The number of anilines is 3. The highest BCUT2D eigenvalue weighted by Crippen LogP contribution is 2.35. The van der Waals surface area contributed by atoms with Gasteiger partial charge in [0.25, 0.3) is 0 Å². The Bertz CT molecular complexity index is 1270. The molecule has 168 valence electrons. The van der Waals surface area contributed by atoms with Crippen molar-refractivity contribution < 1.29 is 4.74 Å². The van der Waals surface area contributed by atoms with Crippen LogP contribution in [0.15, 0.2) is 30.0 Å². The fourth-order valence-corrected chi connectivity index (χ4v) is 4.76. The Kier molecular flexibility index (Phi) is 5.70. The lowest BCUT2D eigenvalue weighted by Crippen LogP contribution is -2.44. The normalized spacial score (nSPS) is 15.7. The van der Waals surface area contributed by atoms with Crippen molar-refractivity contribution in [1.29, 1.82) is 5.26 Å². The van der Waals surface area contributed by atoms with E-state index < -0.39 is 0 Å². The number of piperazine rings is 1. The second-order valence-corrected chi connectivity index (χ2v) is 9.51. The molecule has 9 heteroatoms. The third-order valence-corrected chi connectivity index (χ3v) is 6.80. The molecule has 0 bridgehead atoms. The van der Waals surface area contributed by atoms with Gasteiger partial charge < -0.3 is 19.9 Å². The van der Waals surface area contributed by atoms with E-state index in [0.29, 0.717) is 15.8 Å². The minimum atomic E-state index is 0.285. The number of rotatable bonds is 5. The van der Waals surface area contributed by atoms with Crippen molar-refractivity contribution in [2.45, 2.75) is 20.3 Å². The summed E-state index contributed by atoms with van der Waals surface area (Å²) in [6.45, 7) is 7.92. The Hall–Kier alpha value is -3.48. The monoisotopic (exact) mass is 459 g/mol. The maximum Gasteiger partial charge on any atom is 0.325 e. The summed E-state index contributed by atoms with van der Waals surface area (Å²) in [5, 5.41) is 12.9. The van der Waals surface area contributed by atoms with Crippen molar-refractivity contribution in [2.75, 3.05) is 43.4 Å². The molecule has 1 aromatic carbocycles. The minimum absolute atomic E-state index is 0.285. The first-order valence-electron chi connectivity index (χ1n) is 10.9. The zero-order valence-electron chi connectivity index (χ0n) is 18.9. The van der Waals surface area contributed by atoms with E-state index in [1.54, 1.807) is 6.20 Å². The Morgan fingerprint density at radius 2 is 1.97 bits per heavy atom. The smallest absolute Gasteiger partial charge is 0.325 e. The third kappa shape index (κ3) is 4.53. The number of likely N-dealkylation sites (N-methyl/N-ethyl adjacent to an activating group) is 1. The number of thiazole rings is 1. The molecule has 0 saturated carbocycles. The molecule has 1 aliphatic heterocycles. The van der Waals surface area contributed by atoms with Gasteiger partial charge in [0.1, 0.15) is 28.3 Å². The van der Waals surface area contributed by atoms with E-state index in [9.17, 15) is 0 Å². The lowest BCUT2D eigenvalue weighted by atomic mass is 10.0. The maximum atomic E-state index is 9.10. The molecular weight excluding hydrogens is 434 g/mol. The fourth-order valence-electron chi connectivity index (χ4n) is 4.14. The summed E-state index contributed by atoms with van der Waals surface area (Å²) in [4.78, 5) is 18.7. The largest absolute Gasteiger partial charge is 0.424 e. The Morgan fingerprint density at radius 3 is 2.73 bits per heavy atom. The molecule has 3 heterocycles. The lowest BCUT2D eigenvalue weighted by Gasteiger charge is -2.33. The molecule has 2 aliphatic rings. The van der Waals surface area contributed by atoms with E-state index in [0.717, 1.165) is 49.7 Å². The first-order valence-corrected chi connectivity index (χ1v) is 11.7. The number of ether oxygens (including phenoxy) is 1. The summed E-state index contributed by atoms with van der Waals surface area (Å²) < 4.78 is 6.23. The van der Waals surface area contributed by atoms with Crippen molar-refractivity contribution in [3.05, 3.63) is 51.5 Å². The van der Waals surface area contributed by atoms with E-state index in [4.69, 9.17) is 15.0 Å². The predicted molar refractivity (Wildman–Crippen MR) is 130 cm³/mol. The number of nitrogens with zero attached hydrogens (tertiary/aromatic N) is 6. The van der Waals surface area contributed by atoms with Gasteiger partial charge >= 0.3 is 6.01 Å². The van der Waals surface area contributed by atoms with Crippen molar-refractivity contribution in [3.63, 3.8) is 0 Å². The van der Waals surface area contributed by atoms with Gasteiger partial charge in [-0.1, -0.05) is 29.1 Å². The first-order chi connectivity index (χ1) is 16.0. The molecule has 1 aliphatic carbocycles. The molecule has 3 aromatic rings.